The maximum atomic E-state index is 5.95. The van der Waals surface area contributed by atoms with Gasteiger partial charge in [-0.1, -0.05) is 23.7 Å². The number of rotatable bonds is 4. The summed E-state index contributed by atoms with van der Waals surface area (Å²) in [6.07, 6.45) is 4.12. The fourth-order valence-electron chi connectivity index (χ4n) is 2.17. The van der Waals surface area contributed by atoms with E-state index in [1.807, 2.05) is 38.1 Å². The van der Waals surface area contributed by atoms with Crippen LogP contribution in [-0.2, 0) is 9.47 Å². The van der Waals surface area contributed by atoms with Gasteiger partial charge in [0.2, 0.25) is 0 Å². The summed E-state index contributed by atoms with van der Waals surface area (Å²) in [7, 11) is 1.68. The first kappa shape index (κ1) is 14.0. The van der Waals surface area contributed by atoms with Crippen molar-refractivity contribution in [2.45, 2.75) is 32.8 Å². The molecule has 2 rings (SSSR count). The van der Waals surface area contributed by atoms with Gasteiger partial charge in [0.15, 0.2) is 11.5 Å². The van der Waals surface area contributed by atoms with E-state index in [1.54, 1.807) is 7.11 Å². The zero-order valence-electron chi connectivity index (χ0n) is 11.6. The van der Waals surface area contributed by atoms with Crippen LogP contribution in [0.3, 0.4) is 0 Å². The standard InChI is InChI=1S/C16H19ClO2/c1-11(2)19-16-14(5-4-6-15(16)18-3)12-7-9-13(17)10-8-12/h6-11H,4-5H2,1-3H3. The Morgan fingerprint density at radius 1 is 1.16 bits per heavy atom. The van der Waals surface area contributed by atoms with Gasteiger partial charge in [-0.2, -0.15) is 0 Å². The lowest BCUT2D eigenvalue weighted by atomic mass is 9.95. The molecule has 0 bridgehead atoms. The average molecular weight is 279 g/mol. The normalized spacial score (nSPS) is 15.5. The first-order chi connectivity index (χ1) is 9.11. The van der Waals surface area contributed by atoms with Gasteiger partial charge in [0, 0.05) is 10.6 Å². The maximum Gasteiger partial charge on any atom is 0.164 e. The van der Waals surface area contributed by atoms with E-state index in [-0.39, 0.29) is 6.10 Å². The maximum absolute atomic E-state index is 5.95. The Kier molecular flexibility index (Phi) is 4.54. The van der Waals surface area contributed by atoms with Crippen molar-refractivity contribution in [3.05, 3.63) is 52.4 Å². The molecule has 0 unspecified atom stereocenters. The highest BCUT2D eigenvalue weighted by Crippen LogP contribution is 2.34. The van der Waals surface area contributed by atoms with E-state index in [1.165, 1.54) is 5.57 Å². The van der Waals surface area contributed by atoms with E-state index < -0.39 is 0 Å². The number of benzene rings is 1. The van der Waals surface area contributed by atoms with Crippen LogP contribution in [0.1, 0.15) is 32.3 Å². The topological polar surface area (TPSA) is 18.5 Å². The summed E-state index contributed by atoms with van der Waals surface area (Å²) in [6.45, 7) is 4.04. The van der Waals surface area contributed by atoms with Crippen LogP contribution in [0.15, 0.2) is 41.9 Å². The van der Waals surface area contributed by atoms with Crippen molar-refractivity contribution in [3.8, 4) is 0 Å². The molecule has 3 heteroatoms. The minimum Gasteiger partial charge on any atom is -0.493 e. The van der Waals surface area contributed by atoms with Crippen molar-refractivity contribution in [1.82, 2.24) is 0 Å². The van der Waals surface area contributed by atoms with Crippen LogP contribution < -0.4 is 0 Å². The molecule has 0 N–H and O–H groups in total. The van der Waals surface area contributed by atoms with Crippen molar-refractivity contribution < 1.29 is 9.47 Å². The van der Waals surface area contributed by atoms with E-state index in [0.717, 1.165) is 34.9 Å². The van der Waals surface area contributed by atoms with Gasteiger partial charge in [0.25, 0.3) is 0 Å². The summed E-state index contributed by atoms with van der Waals surface area (Å²) >= 11 is 5.94. The van der Waals surface area contributed by atoms with Crippen LogP contribution >= 0.6 is 11.6 Å². The molecule has 0 saturated carbocycles. The molecule has 0 radical (unpaired) electrons. The molecule has 19 heavy (non-hydrogen) atoms. The zero-order valence-corrected chi connectivity index (χ0v) is 12.3. The molecule has 1 aliphatic rings. The SMILES string of the molecule is COC1=CCCC(c2ccc(Cl)cc2)=C1OC(C)C. The molecule has 0 spiro atoms. The predicted molar refractivity (Wildman–Crippen MR) is 78.9 cm³/mol. The Labute approximate surface area is 119 Å². The van der Waals surface area contributed by atoms with E-state index in [9.17, 15) is 0 Å². The number of hydrogen-bond acceptors (Lipinski definition) is 2. The number of halogens is 1. The molecule has 0 heterocycles. The molecule has 1 aromatic carbocycles. The quantitative estimate of drug-likeness (QED) is 0.787. The van der Waals surface area contributed by atoms with Crippen molar-refractivity contribution in [2.24, 2.45) is 0 Å². The van der Waals surface area contributed by atoms with Gasteiger partial charge in [-0.15, -0.1) is 0 Å². The van der Waals surface area contributed by atoms with E-state index in [0.29, 0.717) is 0 Å². The summed E-state index contributed by atoms with van der Waals surface area (Å²) in [5.74, 6) is 1.68. The summed E-state index contributed by atoms with van der Waals surface area (Å²) in [5.41, 5.74) is 2.33. The van der Waals surface area contributed by atoms with Crippen molar-refractivity contribution >= 4 is 17.2 Å². The van der Waals surface area contributed by atoms with Crippen LogP contribution in [0.4, 0.5) is 0 Å². The van der Waals surface area contributed by atoms with E-state index in [2.05, 4.69) is 6.08 Å². The molecule has 1 aliphatic carbocycles. The Bertz CT molecular complexity index is 498. The molecule has 102 valence electrons. The molecular weight excluding hydrogens is 260 g/mol. The molecule has 0 fully saturated rings. The molecule has 2 nitrogen and oxygen atoms in total. The van der Waals surface area contributed by atoms with Gasteiger partial charge in [-0.05, 0) is 50.5 Å². The Morgan fingerprint density at radius 2 is 1.84 bits per heavy atom. The Balaban J connectivity index is 2.44. The molecule has 0 saturated heterocycles. The Morgan fingerprint density at radius 3 is 2.42 bits per heavy atom. The van der Waals surface area contributed by atoms with Crippen LogP contribution in [0, 0.1) is 0 Å². The van der Waals surface area contributed by atoms with Gasteiger partial charge in [-0.3, -0.25) is 0 Å². The highest BCUT2D eigenvalue weighted by atomic mass is 35.5. The Hall–Kier alpha value is -1.41. The average Bonchev–Trinajstić information content (AvgIpc) is 2.39. The summed E-state index contributed by atoms with van der Waals surface area (Å²) in [4.78, 5) is 0. The third kappa shape index (κ3) is 3.32. The number of hydrogen-bond donors (Lipinski definition) is 0. The van der Waals surface area contributed by atoms with Gasteiger partial charge in [0.05, 0.1) is 13.2 Å². The third-order valence-electron chi connectivity index (χ3n) is 2.99. The second-order valence-corrected chi connectivity index (χ2v) is 5.23. The van der Waals surface area contributed by atoms with E-state index >= 15 is 0 Å². The lowest BCUT2D eigenvalue weighted by Crippen LogP contribution is -2.11. The second-order valence-electron chi connectivity index (χ2n) is 4.79. The van der Waals surface area contributed by atoms with E-state index in [4.69, 9.17) is 21.1 Å². The molecule has 0 aromatic heterocycles. The molecule has 0 aliphatic heterocycles. The molecule has 0 atom stereocenters. The van der Waals surface area contributed by atoms with Crippen LogP contribution in [0.5, 0.6) is 0 Å². The lowest BCUT2D eigenvalue weighted by Gasteiger charge is -2.23. The van der Waals surface area contributed by atoms with Gasteiger partial charge >= 0.3 is 0 Å². The third-order valence-corrected chi connectivity index (χ3v) is 3.24. The second kappa shape index (κ2) is 6.16. The van der Waals surface area contributed by atoms with Gasteiger partial charge < -0.3 is 9.47 Å². The van der Waals surface area contributed by atoms with Crippen LogP contribution in [0.2, 0.25) is 5.02 Å². The van der Waals surface area contributed by atoms with Crippen LogP contribution in [0.25, 0.3) is 5.57 Å². The molecular formula is C16H19ClO2. The van der Waals surface area contributed by atoms with Crippen molar-refractivity contribution in [2.75, 3.05) is 7.11 Å². The van der Waals surface area contributed by atoms with Crippen molar-refractivity contribution in [1.29, 1.82) is 0 Å². The highest BCUT2D eigenvalue weighted by Gasteiger charge is 2.20. The number of allylic oxidation sites excluding steroid dienone is 2. The minimum atomic E-state index is 0.119. The van der Waals surface area contributed by atoms with Gasteiger partial charge in [0.1, 0.15) is 0 Å². The minimum absolute atomic E-state index is 0.119. The number of ether oxygens (including phenoxy) is 2. The molecule has 0 amide bonds. The highest BCUT2D eigenvalue weighted by molar-refractivity contribution is 6.30. The van der Waals surface area contributed by atoms with Gasteiger partial charge in [-0.25, -0.2) is 0 Å². The predicted octanol–water partition coefficient (Wildman–Crippen LogP) is 4.80. The fourth-order valence-corrected chi connectivity index (χ4v) is 2.30. The fraction of sp³-hybridized carbons (Fsp3) is 0.375. The first-order valence-electron chi connectivity index (χ1n) is 6.52. The lowest BCUT2D eigenvalue weighted by molar-refractivity contribution is 0.126. The smallest absolute Gasteiger partial charge is 0.164 e. The molecule has 1 aromatic rings. The largest absolute Gasteiger partial charge is 0.493 e. The summed E-state index contributed by atoms with van der Waals surface area (Å²) in [5, 5.41) is 0.744. The van der Waals surface area contributed by atoms with Crippen molar-refractivity contribution in [3.63, 3.8) is 0 Å². The summed E-state index contributed by atoms with van der Waals surface area (Å²) in [6, 6.07) is 7.86. The summed E-state index contributed by atoms with van der Waals surface area (Å²) < 4.78 is 11.4. The van der Waals surface area contributed by atoms with Crippen LogP contribution in [-0.4, -0.2) is 13.2 Å². The zero-order chi connectivity index (χ0) is 13.8. The first-order valence-corrected chi connectivity index (χ1v) is 6.90. The monoisotopic (exact) mass is 278 g/mol. The number of methoxy groups -OCH3 is 1.